The van der Waals surface area contributed by atoms with Crippen LogP contribution in [0.25, 0.3) is 0 Å². The molecule has 0 radical (unpaired) electrons. The lowest BCUT2D eigenvalue weighted by atomic mass is 10.3. The quantitative estimate of drug-likeness (QED) is 0.752. The summed E-state index contributed by atoms with van der Waals surface area (Å²) in [6.45, 7) is 2.99. The SMILES string of the molecule is CCNC(CO)CSc1ncccc1Cl. The molecule has 3 nitrogen and oxygen atoms in total. The standard InChI is InChI=1S/C10H15ClN2OS/c1-2-12-8(6-14)7-15-10-9(11)4-3-5-13-10/h3-5,8,12,14H,2,6-7H2,1H3. The minimum Gasteiger partial charge on any atom is -0.395 e. The maximum Gasteiger partial charge on any atom is 0.115 e. The zero-order valence-corrected chi connectivity index (χ0v) is 10.2. The number of pyridine rings is 1. The van der Waals surface area contributed by atoms with E-state index >= 15 is 0 Å². The molecule has 0 aliphatic heterocycles. The first kappa shape index (κ1) is 12.8. The van der Waals surface area contributed by atoms with Crippen LogP contribution < -0.4 is 5.32 Å². The van der Waals surface area contributed by atoms with E-state index in [4.69, 9.17) is 16.7 Å². The molecule has 15 heavy (non-hydrogen) atoms. The number of nitrogens with zero attached hydrogens (tertiary/aromatic N) is 1. The molecule has 0 saturated carbocycles. The number of aliphatic hydroxyl groups excluding tert-OH is 1. The van der Waals surface area contributed by atoms with E-state index in [0.29, 0.717) is 5.02 Å². The molecule has 5 heteroatoms. The van der Waals surface area contributed by atoms with Gasteiger partial charge in [0.15, 0.2) is 0 Å². The summed E-state index contributed by atoms with van der Waals surface area (Å²) in [7, 11) is 0. The fourth-order valence-corrected chi connectivity index (χ4v) is 2.33. The van der Waals surface area contributed by atoms with E-state index in [1.807, 2.05) is 13.0 Å². The highest BCUT2D eigenvalue weighted by molar-refractivity contribution is 7.99. The summed E-state index contributed by atoms with van der Waals surface area (Å²) in [6.07, 6.45) is 1.72. The first-order valence-corrected chi connectivity index (χ1v) is 6.21. The van der Waals surface area contributed by atoms with Gasteiger partial charge in [0.1, 0.15) is 5.03 Å². The molecule has 0 aromatic carbocycles. The van der Waals surface area contributed by atoms with Crippen LogP contribution in [-0.2, 0) is 0 Å². The van der Waals surface area contributed by atoms with Crippen LogP contribution in [0.15, 0.2) is 23.4 Å². The summed E-state index contributed by atoms with van der Waals surface area (Å²) in [6, 6.07) is 3.72. The normalized spacial score (nSPS) is 12.7. The van der Waals surface area contributed by atoms with Crippen molar-refractivity contribution in [1.29, 1.82) is 0 Å². The number of thioether (sulfide) groups is 1. The van der Waals surface area contributed by atoms with Crippen LogP contribution in [0.3, 0.4) is 0 Å². The van der Waals surface area contributed by atoms with Crippen molar-refractivity contribution in [2.24, 2.45) is 0 Å². The van der Waals surface area contributed by atoms with Crippen molar-refractivity contribution in [1.82, 2.24) is 10.3 Å². The predicted octanol–water partition coefficient (Wildman–Crippen LogP) is 1.80. The molecule has 0 aliphatic rings. The first-order chi connectivity index (χ1) is 7.27. The van der Waals surface area contributed by atoms with E-state index in [0.717, 1.165) is 17.3 Å². The molecule has 1 unspecified atom stereocenters. The Labute approximate surface area is 99.2 Å². The van der Waals surface area contributed by atoms with Gasteiger partial charge in [-0.1, -0.05) is 18.5 Å². The maximum absolute atomic E-state index is 9.08. The maximum atomic E-state index is 9.08. The van der Waals surface area contributed by atoms with Gasteiger partial charge in [-0.25, -0.2) is 4.98 Å². The van der Waals surface area contributed by atoms with Crippen molar-refractivity contribution < 1.29 is 5.11 Å². The lowest BCUT2D eigenvalue weighted by Crippen LogP contribution is -2.34. The van der Waals surface area contributed by atoms with Crippen LogP contribution in [0.5, 0.6) is 0 Å². The topological polar surface area (TPSA) is 45.1 Å². The second-order valence-electron chi connectivity index (χ2n) is 3.04. The zero-order valence-electron chi connectivity index (χ0n) is 8.61. The second kappa shape index (κ2) is 7.06. The molecule has 1 aromatic rings. The molecular weight excluding hydrogens is 232 g/mol. The van der Waals surface area contributed by atoms with Gasteiger partial charge in [0.05, 0.1) is 11.6 Å². The Morgan fingerprint density at radius 1 is 1.67 bits per heavy atom. The van der Waals surface area contributed by atoms with Gasteiger partial charge in [-0.2, -0.15) is 0 Å². The van der Waals surface area contributed by atoms with Gasteiger partial charge in [0.25, 0.3) is 0 Å². The van der Waals surface area contributed by atoms with Gasteiger partial charge in [-0.3, -0.25) is 0 Å². The number of hydrogen-bond donors (Lipinski definition) is 2. The van der Waals surface area contributed by atoms with Crippen LogP contribution in [0.2, 0.25) is 5.02 Å². The van der Waals surface area contributed by atoms with Gasteiger partial charge in [-0.05, 0) is 18.7 Å². The highest BCUT2D eigenvalue weighted by Crippen LogP contribution is 2.24. The Morgan fingerprint density at radius 3 is 3.07 bits per heavy atom. The lowest BCUT2D eigenvalue weighted by Gasteiger charge is -2.14. The molecule has 1 aromatic heterocycles. The van der Waals surface area contributed by atoms with Crippen molar-refractivity contribution in [2.45, 2.75) is 18.0 Å². The van der Waals surface area contributed by atoms with E-state index in [1.54, 1.807) is 24.0 Å². The third-order valence-corrected chi connectivity index (χ3v) is 3.44. The minimum atomic E-state index is 0.0954. The van der Waals surface area contributed by atoms with Crippen LogP contribution in [0.1, 0.15) is 6.92 Å². The number of nitrogens with one attached hydrogen (secondary N) is 1. The Balaban J connectivity index is 2.45. The molecule has 84 valence electrons. The smallest absolute Gasteiger partial charge is 0.115 e. The number of halogens is 1. The van der Waals surface area contributed by atoms with Gasteiger partial charge < -0.3 is 10.4 Å². The summed E-state index contributed by atoms with van der Waals surface area (Å²) in [5.74, 6) is 0.765. The first-order valence-electron chi connectivity index (χ1n) is 4.85. The predicted molar refractivity (Wildman–Crippen MR) is 64.5 cm³/mol. The summed E-state index contributed by atoms with van der Waals surface area (Å²) in [5, 5.41) is 13.7. The summed E-state index contributed by atoms with van der Waals surface area (Å²) in [5.41, 5.74) is 0. The third kappa shape index (κ3) is 4.38. The van der Waals surface area contributed by atoms with Gasteiger partial charge in [-0.15, -0.1) is 11.8 Å². The number of hydrogen-bond acceptors (Lipinski definition) is 4. The molecule has 1 rings (SSSR count). The number of likely N-dealkylation sites (N-methyl/N-ethyl adjacent to an activating group) is 1. The van der Waals surface area contributed by atoms with Crippen LogP contribution in [0, 0.1) is 0 Å². The van der Waals surface area contributed by atoms with Crippen LogP contribution >= 0.6 is 23.4 Å². The summed E-state index contributed by atoms with van der Waals surface area (Å²) in [4.78, 5) is 4.17. The lowest BCUT2D eigenvalue weighted by molar-refractivity contribution is 0.255. The largest absolute Gasteiger partial charge is 0.395 e. The van der Waals surface area contributed by atoms with Crippen molar-refractivity contribution in [3.63, 3.8) is 0 Å². The van der Waals surface area contributed by atoms with E-state index in [-0.39, 0.29) is 12.6 Å². The fraction of sp³-hybridized carbons (Fsp3) is 0.500. The molecule has 0 amide bonds. The Bertz CT molecular complexity index is 299. The van der Waals surface area contributed by atoms with Crippen LogP contribution in [0.4, 0.5) is 0 Å². The number of rotatable bonds is 6. The Hall–Kier alpha value is -0.290. The highest BCUT2D eigenvalue weighted by atomic mass is 35.5. The molecule has 0 bridgehead atoms. The average Bonchev–Trinajstić information content (AvgIpc) is 2.26. The highest BCUT2D eigenvalue weighted by Gasteiger charge is 2.08. The number of aromatic nitrogens is 1. The summed E-state index contributed by atoms with van der Waals surface area (Å²) < 4.78 is 0. The molecule has 0 fully saturated rings. The molecule has 0 saturated heterocycles. The van der Waals surface area contributed by atoms with Gasteiger partial charge in [0.2, 0.25) is 0 Å². The monoisotopic (exact) mass is 246 g/mol. The van der Waals surface area contributed by atoms with E-state index in [9.17, 15) is 0 Å². The van der Waals surface area contributed by atoms with Crippen molar-refractivity contribution in [2.75, 3.05) is 18.9 Å². The molecule has 1 atom stereocenters. The molecule has 0 spiro atoms. The second-order valence-corrected chi connectivity index (χ2v) is 4.45. The van der Waals surface area contributed by atoms with Gasteiger partial charge in [0, 0.05) is 18.0 Å². The van der Waals surface area contributed by atoms with E-state index in [2.05, 4.69) is 10.3 Å². The molecule has 0 aliphatic carbocycles. The van der Waals surface area contributed by atoms with E-state index in [1.165, 1.54) is 0 Å². The van der Waals surface area contributed by atoms with Gasteiger partial charge >= 0.3 is 0 Å². The minimum absolute atomic E-state index is 0.0954. The number of aliphatic hydroxyl groups is 1. The molecular formula is C10H15ClN2OS. The van der Waals surface area contributed by atoms with E-state index < -0.39 is 0 Å². The fourth-order valence-electron chi connectivity index (χ4n) is 1.12. The van der Waals surface area contributed by atoms with Crippen molar-refractivity contribution >= 4 is 23.4 Å². The zero-order chi connectivity index (χ0) is 11.1. The molecule has 2 N–H and O–H groups in total. The molecule has 1 heterocycles. The Kier molecular flexibility index (Phi) is 6.02. The third-order valence-electron chi connectivity index (χ3n) is 1.86. The average molecular weight is 247 g/mol. The summed E-state index contributed by atoms with van der Waals surface area (Å²) >= 11 is 7.52. The Morgan fingerprint density at radius 2 is 2.47 bits per heavy atom. The van der Waals surface area contributed by atoms with Crippen LogP contribution in [-0.4, -0.2) is 35.0 Å². The van der Waals surface area contributed by atoms with Crippen molar-refractivity contribution in [3.05, 3.63) is 23.4 Å². The van der Waals surface area contributed by atoms with Crippen molar-refractivity contribution in [3.8, 4) is 0 Å².